The van der Waals surface area contributed by atoms with Gasteiger partial charge in [0, 0.05) is 13.6 Å². The summed E-state index contributed by atoms with van der Waals surface area (Å²) in [4.78, 5) is 22.2. The van der Waals surface area contributed by atoms with E-state index in [1.54, 1.807) is 18.2 Å². The van der Waals surface area contributed by atoms with Gasteiger partial charge in [0.2, 0.25) is 0 Å². The van der Waals surface area contributed by atoms with Gasteiger partial charge in [0.05, 0.1) is 6.61 Å². The fourth-order valence-electron chi connectivity index (χ4n) is 2.67. The molecule has 156 valence electrons. The maximum absolute atomic E-state index is 11.2. The first-order valence-corrected chi connectivity index (χ1v) is 10.2. The van der Waals surface area contributed by atoms with Crippen molar-refractivity contribution in [2.75, 3.05) is 20.2 Å². The van der Waals surface area contributed by atoms with Gasteiger partial charge >= 0.3 is 11.8 Å². The van der Waals surface area contributed by atoms with E-state index in [0.717, 1.165) is 38.5 Å². The van der Waals surface area contributed by atoms with E-state index < -0.39 is 11.8 Å². The van der Waals surface area contributed by atoms with E-state index in [1.807, 2.05) is 6.07 Å². The molecule has 0 unspecified atom stereocenters. The highest BCUT2D eigenvalue weighted by atomic mass is 16.5. The van der Waals surface area contributed by atoms with Crippen LogP contribution >= 0.6 is 0 Å². The molecule has 0 saturated carbocycles. The monoisotopic (exact) mass is 390 g/mol. The molecule has 28 heavy (non-hydrogen) atoms. The lowest BCUT2D eigenvalue weighted by Gasteiger charge is -2.07. The summed E-state index contributed by atoms with van der Waals surface area (Å²) < 4.78 is 5.56. The number of likely N-dealkylation sites (N-methyl/N-ethyl adjacent to an activating group) is 1. The third-order valence-corrected chi connectivity index (χ3v) is 4.32. The minimum absolute atomic E-state index is 0.197. The van der Waals surface area contributed by atoms with Gasteiger partial charge in [-0.15, -0.1) is 0 Å². The second-order valence-electron chi connectivity index (χ2n) is 6.67. The van der Waals surface area contributed by atoms with Crippen molar-refractivity contribution in [3.05, 3.63) is 36.4 Å². The smallest absolute Gasteiger partial charge is 0.309 e. The summed E-state index contributed by atoms with van der Waals surface area (Å²) in [6, 6.07) is 7.05. The molecule has 0 radical (unpaired) electrons. The van der Waals surface area contributed by atoms with E-state index >= 15 is 0 Å². The Labute approximate surface area is 168 Å². The molecule has 6 nitrogen and oxygen atoms in total. The van der Waals surface area contributed by atoms with Crippen LogP contribution in [0, 0.1) is 0 Å². The number of phenolic OH excluding ortho intramolecular Hbond substituents is 1. The summed E-state index contributed by atoms with van der Waals surface area (Å²) in [6.07, 6.45) is 14.1. The number of hydrogen-bond donors (Lipinski definition) is 3. The standard InChI is InChI=1S/C22H34N2O4/c1-23-21(26)22(27)24-17-13-9-7-5-3-2-4-6-8-10-14-18-28-20-16-12-11-15-19(20)25/h3,5,11-12,15-16,25H,2,4,6-10,13-14,17-18H2,1H3,(H,23,26)(H,24,27)/b5-3-. The summed E-state index contributed by atoms with van der Waals surface area (Å²) in [5, 5.41) is 14.5. The van der Waals surface area contributed by atoms with Gasteiger partial charge in [-0.1, -0.05) is 43.5 Å². The normalized spacial score (nSPS) is 10.8. The first-order valence-electron chi connectivity index (χ1n) is 10.2. The van der Waals surface area contributed by atoms with Crippen LogP contribution in [-0.2, 0) is 9.59 Å². The molecular weight excluding hydrogens is 356 g/mol. The highest BCUT2D eigenvalue weighted by Gasteiger charge is 2.08. The molecule has 3 N–H and O–H groups in total. The largest absolute Gasteiger partial charge is 0.504 e. The molecule has 6 heteroatoms. The van der Waals surface area contributed by atoms with Crippen LogP contribution in [0.5, 0.6) is 11.5 Å². The number of carbonyl (C=O) groups excluding carboxylic acids is 2. The Morgan fingerprint density at radius 1 is 0.929 bits per heavy atom. The number of amides is 2. The van der Waals surface area contributed by atoms with Crippen molar-refractivity contribution in [2.24, 2.45) is 0 Å². The van der Waals surface area contributed by atoms with Crippen LogP contribution in [-0.4, -0.2) is 37.1 Å². The lowest BCUT2D eigenvalue weighted by Crippen LogP contribution is -2.38. The van der Waals surface area contributed by atoms with Crippen LogP contribution in [0.3, 0.4) is 0 Å². The van der Waals surface area contributed by atoms with Crippen molar-refractivity contribution < 1.29 is 19.4 Å². The van der Waals surface area contributed by atoms with Crippen molar-refractivity contribution in [1.82, 2.24) is 10.6 Å². The van der Waals surface area contributed by atoms with Crippen LogP contribution in [0.1, 0.15) is 57.8 Å². The van der Waals surface area contributed by atoms with Gasteiger partial charge in [0.1, 0.15) is 0 Å². The number of benzene rings is 1. The van der Waals surface area contributed by atoms with Crippen LogP contribution in [0.4, 0.5) is 0 Å². The van der Waals surface area contributed by atoms with Crippen LogP contribution in [0.25, 0.3) is 0 Å². The van der Waals surface area contributed by atoms with E-state index in [-0.39, 0.29) is 5.75 Å². The lowest BCUT2D eigenvalue weighted by molar-refractivity contribution is -0.138. The summed E-state index contributed by atoms with van der Waals surface area (Å²) in [5.41, 5.74) is 0. The average Bonchev–Trinajstić information content (AvgIpc) is 2.71. The number of hydrogen-bond acceptors (Lipinski definition) is 4. The SMILES string of the molecule is CNC(=O)C(=O)NCCCC/C=C\CCCCCCCOc1ccccc1O. The molecule has 0 heterocycles. The molecule has 1 aromatic carbocycles. The number of ether oxygens (including phenoxy) is 1. The fraction of sp³-hybridized carbons (Fsp3) is 0.545. The van der Waals surface area contributed by atoms with Crippen molar-refractivity contribution >= 4 is 11.8 Å². The summed E-state index contributed by atoms with van der Waals surface area (Å²) >= 11 is 0. The van der Waals surface area contributed by atoms with E-state index in [1.165, 1.54) is 26.3 Å². The molecular formula is C22H34N2O4. The van der Waals surface area contributed by atoms with E-state index in [2.05, 4.69) is 22.8 Å². The number of phenols is 1. The Morgan fingerprint density at radius 2 is 1.57 bits per heavy atom. The Hall–Kier alpha value is -2.50. The number of nitrogens with one attached hydrogen (secondary N) is 2. The molecule has 0 fully saturated rings. The van der Waals surface area contributed by atoms with E-state index in [9.17, 15) is 14.7 Å². The lowest BCUT2D eigenvalue weighted by atomic mass is 10.1. The Balaban J connectivity index is 1.85. The van der Waals surface area contributed by atoms with Gasteiger partial charge in [-0.05, 0) is 50.7 Å². The van der Waals surface area contributed by atoms with Gasteiger partial charge in [-0.2, -0.15) is 0 Å². The molecule has 1 aromatic rings. The van der Waals surface area contributed by atoms with Crippen molar-refractivity contribution in [2.45, 2.75) is 57.8 Å². The van der Waals surface area contributed by atoms with E-state index in [0.29, 0.717) is 18.9 Å². The summed E-state index contributed by atoms with van der Waals surface area (Å²) in [5.74, 6) is -0.407. The zero-order valence-electron chi connectivity index (χ0n) is 16.9. The molecule has 1 rings (SSSR count). The third-order valence-electron chi connectivity index (χ3n) is 4.32. The Kier molecular flexibility index (Phi) is 13.1. The van der Waals surface area contributed by atoms with Crippen molar-refractivity contribution in [3.8, 4) is 11.5 Å². The molecule has 0 aromatic heterocycles. The second-order valence-corrected chi connectivity index (χ2v) is 6.67. The first kappa shape index (κ1) is 23.5. The van der Waals surface area contributed by atoms with Gasteiger partial charge in [-0.25, -0.2) is 0 Å². The zero-order valence-corrected chi connectivity index (χ0v) is 16.9. The Bertz CT molecular complexity index is 602. The zero-order chi connectivity index (χ0) is 20.5. The quantitative estimate of drug-likeness (QED) is 0.257. The number of aromatic hydroxyl groups is 1. The maximum atomic E-state index is 11.2. The number of allylic oxidation sites excluding steroid dienone is 2. The predicted octanol–water partition coefficient (Wildman–Crippen LogP) is 3.70. The average molecular weight is 391 g/mol. The number of carbonyl (C=O) groups is 2. The molecule has 0 aliphatic rings. The van der Waals surface area contributed by atoms with E-state index in [4.69, 9.17) is 4.74 Å². The highest BCUT2D eigenvalue weighted by molar-refractivity contribution is 6.34. The first-order chi connectivity index (χ1) is 13.6. The topological polar surface area (TPSA) is 87.7 Å². The fourth-order valence-corrected chi connectivity index (χ4v) is 2.67. The summed E-state index contributed by atoms with van der Waals surface area (Å²) in [7, 11) is 1.44. The molecule has 2 amide bonds. The van der Waals surface area contributed by atoms with Crippen LogP contribution in [0.15, 0.2) is 36.4 Å². The predicted molar refractivity (Wildman–Crippen MR) is 111 cm³/mol. The maximum Gasteiger partial charge on any atom is 0.309 e. The number of rotatable bonds is 14. The molecule has 0 bridgehead atoms. The van der Waals surface area contributed by atoms with Crippen LogP contribution in [0.2, 0.25) is 0 Å². The molecule has 0 saturated heterocycles. The second kappa shape index (κ2) is 15.5. The minimum Gasteiger partial charge on any atom is -0.504 e. The molecule has 0 aliphatic heterocycles. The minimum atomic E-state index is -0.595. The highest BCUT2D eigenvalue weighted by Crippen LogP contribution is 2.24. The number of para-hydroxylation sites is 2. The van der Waals surface area contributed by atoms with Crippen molar-refractivity contribution in [1.29, 1.82) is 0 Å². The van der Waals surface area contributed by atoms with Gasteiger partial charge in [0.15, 0.2) is 11.5 Å². The third kappa shape index (κ3) is 11.3. The van der Waals surface area contributed by atoms with Gasteiger partial charge < -0.3 is 20.5 Å². The van der Waals surface area contributed by atoms with Crippen molar-refractivity contribution in [3.63, 3.8) is 0 Å². The Morgan fingerprint density at radius 3 is 2.29 bits per heavy atom. The molecule has 0 aliphatic carbocycles. The van der Waals surface area contributed by atoms with Gasteiger partial charge in [0.25, 0.3) is 0 Å². The molecule has 0 spiro atoms. The number of unbranched alkanes of at least 4 members (excludes halogenated alkanes) is 7. The van der Waals surface area contributed by atoms with Crippen LogP contribution < -0.4 is 15.4 Å². The summed E-state index contributed by atoms with van der Waals surface area (Å²) in [6.45, 7) is 1.18. The van der Waals surface area contributed by atoms with Gasteiger partial charge in [-0.3, -0.25) is 9.59 Å². The molecule has 0 atom stereocenters.